The number of benzene rings is 2. The minimum absolute atomic E-state index is 0.0586. The summed E-state index contributed by atoms with van der Waals surface area (Å²) in [6, 6.07) is 14.5. The number of rotatable bonds is 4. The molecular weight excluding hydrogens is 276 g/mol. The van der Waals surface area contributed by atoms with Gasteiger partial charge in [0.15, 0.2) is 11.5 Å². The van der Waals surface area contributed by atoms with E-state index in [0.717, 1.165) is 37.6 Å². The lowest BCUT2D eigenvalue weighted by Gasteiger charge is -2.28. The standard InChI is InChI=1S/C18H20N2O2/c1-2-4-13(5-3-1)10-19-11-14-12-21-17-7-6-16-15(8-9-20-16)18(17)22-14/h1-7,14,19-20H,8-12H2. The van der Waals surface area contributed by atoms with Gasteiger partial charge >= 0.3 is 0 Å². The van der Waals surface area contributed by atoms with Gasteiger partial charge in [0.1, 0.15) is 12.7 Å². The first kappa shape index (κ1) is 13.5. The summed E-state index contributed by atoms with van der Waals surface area (Å²) in [5.74, 6) is 1.81. The molecule has 114 valence electrons. The lowest BCUT2D eigenvalue weighted by Crippen LogP contribution is -2.38. The maximum atomic E-state index is 6.19. The predicted molar refractivity (Wildman–Crippen MR) is 86.7 cm³/mol. The Morgan fingerprint density at radius 1 is 1.14 bits per heavy atom. The van der Waals surface area contributed by atoms with Crippen molar-refractivity contribution < 1.29 is 9.47 Å². The highest BCUT2D eigenvalue weighted by atomic mass is 16.6. The molecule has 1 unspecified atom stereocenters. The summed E-state index contributed by atoms with van der Waals surface area (Å²) < 4.78 is 12.1. The van der Waals surface area contributed by atoms with E-state index in [1.807, 2.05) is 12.1 Å². The van der Waals surface area contributed by atoms with Crippen molar-refractivity contribution in [2.45, 2.75) is 19.1 Å². The SMILES string of the molecule is c1ccc(CNCC2COc3ccc4c(c3O2)CCN4)cc1. The van der Waals surface area contributed by atoms with E-state index in [2.05, 4.69) is 41.0 Å². The number of hydrogen-bond donors (Lipinski definition) is 2. The lowest BCUT2D eigenvalue weighted by atomic mass is 10.1. The fraction of sp³-hybridized carbons (Fsp3) is 0.333. The van der Waals surface area contributed by atoms with Crippen LogP contribution in [0.4, 0.5) is 5.69 Å². The van der Waals surface area contributed by atoms with Crippen molar-refractivity contribution >= 4 is 5.69 Å². The van der Waals surface area contributed by atoms with Gasteiger partial charge in [-0.05, 0) is 24.1 Å². The Kier molecular flexibility index (Phi) is 3.60. The van der Waals surface area contributed by atoms with Gasteiger partial charge in [0, 0.05) is 30.9 Å². The molecule has 2 aliphatic rings. The monoisotopic (exact) mass is 296 g/mol. The molecule has 0 amide bonds. The fourth-order valence-corrected chi connectivity index (χ4v) is 3.04. The van der Waals surface area contributed by atoms with Crippen molar-refractivity contribution in [3.8, 4) is 11.5 Å². The number of hydrogen-bond acceptors (Lipinski definition) is 4. The second kappa shape index (κ2) is 5.89. The Labute approximate surface area is 130 Å². The molecule has 0 radical (unpaired) electrons. The molecule has 1 atom stereocenters. The highest BCUT2D eigenvalue weighted by Gasteiger charge is 2.26. The van der Waals surface area contributed by atoms with Crippen LogP contribution in [0.1, 0.15) is 11.1 Å². The predicted octanol–water partition coefficient (Wildman–Crippen LogP) is 2.58. The Morgan fingerprint density at radius 2 is 2.05 bits per heavy atom. The van der Waals surface area contributed by atoms with Gasteiger partial charge in [-0.25, -0.2) is 0 Å². The molecule has 4 nitrogen and oxygen atoms in total. The van der Waals surface area contributed by atoms with Gasteiger partial charge in [0.25, 0.3) is 0 Å². The molecule has 4 rings (SSSR count). The molecule has 0 aromatic heterocycles. The summed E-state index contributed by atoms with van der Waals surface area (Å²) in [5.41, 5.74) is 3.72. The Balaban J connectivity index is 1.39. The molecule has 2 aromatic rings. The van der Waals surface area contributed by atoms with Gasteiger partial charge in [0.05, 0.1) is 0 Å². The van der Waals surface area contributed by atoms with Gasteiger partial charge in [-0.1, -0.05) is 30.3 Å². The molecule has 0 bridgehead atoms. The molecule has 0 spiro atoms. The van der Waals surface area contributed by atoms with Gasteiger partial charge < -0.3 is 20.1 Å². The fourth-order valence-electron chi connectivity index (χ4n) is 3.04. The smallest absolute Gasteiger partial charge is 0.167 e. The number of fused-ring (bicyclic) bond motifs is 3. The van der Waals surface area contributed by atoms with Gasteiger partial charge in [-0.3, -0.25) is 0 Å². The highest BCUT2D eigenvalue weighted by Crippen LogP contribution is 2.41. The molecule has 2 heterocycles. The van der Waals surface area contributed by atoms with Crippen LogP contribution in [0, 0.1) is 0 Å². The van der Waals surface area contributed by atoms with Crippen LogP contribution in [0.15, 0.2) is 42.5 Å². The molecule has 2 aliphatic heterocycles. The van der Waals surface area contributed by atoms with E-state index in [1.54, 1.807) is 0 Å². The molecule has 0 aliphatic carbocycles. The topological polar surface area (TPSA) is 42.5 Å². The van der Waals surface area contributed by atoms with E-state index in [0.29, 0.717) is 6.61 Å². The van der Waals surface area contributed by atoms with Crippen LogP contribution < -0.4 is 20.1 Å². The van der Waals surface area contributed by atoms with E-state index < -0.39 is 0 Å². The number of anilines is 1. The van der Waals surface area contributed by atoms with E-state index in [-0.39, 0.29) is 6.10 Å². The van der Waals surface area contributed by atoms with Gasteiger partial charge in [-0.2, -0.15) is 0 Å². The summed E-state index contributed by atoms with van der Waals surface area (Å²) in [5, 5.41) is 6.83. The Bertz CT molecular complexity index is 658. The molecule has 2 N–H and O–H groups in total. The van der Waals surface area contributed by atoms with Crippen molar-refractivity contribution in [1.82, 2.24) is 5.32 Å². The summed E-state index contributed by atoms with van der Waals surface area (Å²) in [6.45, 7) is 3.21. The van der Waals surface area contributed by atoms with Crippen molar-refractivity contribution in [3.63, 3.8) is 0 Å². The van der Waals surface area contributed by atoms with Crippen LogP contribution in [0.3, 0.4) is 0 Å². The third-order valence-electron chi connectivity index (χ3n) is 4.17. The summed E-state index contributed by atoms with van der Waals surface area (Å²) in [7, 11) is 0. The normalized spacial score (nSPS) is 18.6. The average Bonchev–Trinajstić information content (AvgIpc) is 3.05. The minimum Gasteiger partial charge on any atom is -0.486 e. The van der Waals surface area contributed by atoms with Crippen LogP contribution in [0.2, 0.25) is 0 Å². The number of ether oxygens (including phenoxy) is 2. The van der Waals surface area contributed by atoms with Crippen LogP contribution in [0.25, 0.3) is 0 Å². The molecule has 2 aromatic carbocycles. The maximum Gasteiger partial charge on any atom is 0.167 e. The average molecular weight is 296 g/mol. The van der Waals surface area contributed by atoms with E-state index >= 15 is 0 Å². The van der Waals surface area contributed by atoms with Gasteiger partial charge in [-0.15, -0.1) is 0 Å². The van der Waals surface area contributed by atoms with Gasteiger partial charge in [0.2, 0.25) is 0 Å². The lowest BCUT2D eigenvalue weighted by molar-refractivity contribution is 0.0892. The van der Waals surface area contributed by atoms with Crippen LogP contribution >= 0.6 is 0 Å². The zero-order valence-electron chi connectivity index (χ0n) is 12.5. The Morgan fingerprint density at radius 3 is 2.95 bits per heavy atom. The van der Waals surface area contributed by atoms with E-state index in [4.69, 9.17) is 9.47 Å². The molecular formula is C18H20N2O2. The zero-order chi connectivity index (χ0) is 14.8. The first-order valence-corrected chi connectivity index (χ1v) is 7.84. The van der Waals surface area contributed by atoms with Crippen LogP contribution in [-0.2, 0) is 13.0 Å². The molecule has 22 heavy (non-hydrogen) atoms. The van der Waals surface area contributed by atoms with Crippen molar-refractivity contribution in [2.75, 3.05) is 25.0 Å². The van der Waals surface area contributed by atoms with Crippen LogP contribution in [0.5, 0.6) is 11.5 Å². The third-order valence-corrected chi connectivity index (χ3v) is 4.17. The van der Waals surface area contributed by atoms with Crippen molar-refractivity contribution in [2.24, 2.45) is 0 Å². The molecule has 0 saturated heterocycles. The Hall–Kier alpha value is -2.20. The second-order valence-corrected chi connectivity index (χ2v) is 5.76. The second-order valence-electron chi connectivity index (χ2n) is 5.76. The molecule has 4 heteroatoms. The zero-order valence-corrected chi connectivity index (χ0v) is 12.5. The summed E-state index contributed by atoms with van der Waals surface area (Å²) in [6.07, 6.45) is 1.06. The highest BCUT2D eigenvalue weighted by molar-refractivity contribution is 5.66. The summed E-state index contributed by atoms with van der Waals surface area (Å²) >= 11 is 0. The molecule has 0 fully saturated rings. The molecule has 0 saturated carbocycles. The van der Waals surface area contributed by atoms with Crippen LogP contribution in [-0.4, -0.2) is 25.8 Å². The third kappa shape index (κ3) is 2.62. The largest absolute Gasteiger partial charge is 0.486 e. The first-order chi connectivity index (χ1) is 10.9. The van der Waals surface area contributed by atoms with E-state index in [9.17, 15) is 0 Å². The minimum atomic E-state index is 0.0586. The van der Waals surface area contributed by atoms with Crippen molar-refractivity contribution in [1.29, 1.82) is 0 Å². The van der Waals surface area contributed by atoms with E-state index in [1.165, 1.54) is 16.8 Å². The number of nitrogens with one attached hydrogen (secondary N) is 2. The maximum absolute atomic E-state index is 6.19. The first-order valence-electron chi connectivity index (χ1n) is 7.84. The summed E-state index contributed by atoms with van der Waals surface area (Å²) in [4.78, 5) is 0. The van der Waals surface area contributed by atoms with Crippen molar-refractivity contribution in [3.05, 3.63) is 53.6 Å². The quantitative estimate of drug-likeness (QED) is 0.910.